The summed E-state index contributed by atoms with van der Waals surface area (Å²) < 4.78 is 0. The van der Waals surface area contributed by atoms with Crippen molar-refractivity contribution in [3.63, 3.8) is 0 Å². The summed E-state index contributed by atoms with van der Waals surface area (Å²) in [6, 6.07) is 0.578. The van der Waals surface area contributed by atoms with Gasteiger partial charge in [0.1, 0.15) is 0 Å². The van der Waals surface area contributed by atoms with Gasteiger partial charge < -0.3 is 15.5 Å². The highest BCUT2D eigenvalue weighted by Gasteiger charge is 2.32. The summed E-state index contributed by atoms with van der Waals surface area (Å²) in [4.78, 5) is 8.99. The van der Waals surface area contributed by atoms with Crippen LogP contribution in [0.5, 0.6) is 0 Å². The highest BCUT2D eigenvalue weighted by molar-refractivity contribution is 5.78. The van der Waals surface area contributed by atoms with Crippen LogP contribution in [0.4, 0.5) is 0 Å². The summed E-state index contributed by atoms with van der Waals surface area (Å²) in [5.74, 6) is 1.33. The fourth-order valence-corrected chi connectivity index (χ4v) is 2.22. The van der Waals surface area contributed by atoms with E-state index in [2.05, 4.69) is 56.6 Å². The predicted molar refractivity (Wildman–Crippen MR) is 69.6 cm³/mol. The number of likely N-dealkylation sites (N-methyl/N-ethyl adjacent to an activating group) is 1. The molecule has 2 atom stereocenters. The molecule has 0 spiro atoms. The van der Waals surface area contributed by atoms with Crippen LogP contribution in [0.25, 0.3) is 0 Å². The van der Waals surface area contributed by atoms with E-state index in [0.29, 0.717) is 17.9 Å². The molecule has 1 heterocycles. The zero-order chi connectivity index (χ0) is 12.5. The Hall–Kier alpha value is -0.770. The van der Waals surface area contributed by atoms with Crippen molar-refractivity contribution in [2.75, 3.05) is 27.2 Å². The third kappa shape index (κ3) is 3.37. The Morgan fingerprint density at radius 2 is 1.88 bits per heavy atom. The Morgan fingerprint density at radius 1 is 1.31 bits per heavy atom. The summed E-state index contributed by atoms with van der Waals surface area (Å²) in [7, 11) is 4.25. The van der Waals surface area contributed by atoms with Gasteiger partial charge in [0, 0.05) is 19.1 Å². The lowest BCUT2D eigenvalue weighted by molar-refractivity contribution is 0.262. The molecule has 0 aromatic rings. The van der Waals surface area contributed by atoms with E-state index in [1.54, 1.807) is 0 Å². The smallest absolute Gasteiger partial charge is 0.191 e. The van der Waals surface area contributed by atoms with Crippen LogP contribution in [0.15, 0.2) is 4.99 Å². The molecule has 0 saturated carbocycles. The fraction of sp³-hybridized carbons (Fsp3) is 0.917. The van der Waals surface area contributed by atoms with E-state index in [1.165, 1.54) is 0 Å². The van der Waals surface area contributed by atoms with Gasteiger partial charge in [-0.05, 0) is 40.8 Å². The van der Waals surface area contributed by atoms with E-state index in [0.717, 1.165) is 13.1 Å². The molecular formula is C12H26N4. The first kappa shape index (κ1) is 13.3. The van der Waals surface area contributed by atoms with Gasteiger partial charge in [-0.2, -0.15) is 0 Å². The maximum absolute atomic E-state index is 6.05. The van der Waals surface area contributed by atoms with E-state index in [9.17, 15) is 0 Å². The third-order valence-corrected chi connectivity index (χ3v) is 3.01. The van der Waals surface area contributed by atoms with E-state index in [-0.39, 0.29) is 5.54 Å². The lowest BCUT2D eigenvalue weighted by Crippen LogP contribution is -2.40. The second-order valence-corrected chi connectivity index (χ2v) is 6.05. The maximum Gasteiger partial charge on any atom is 0.191 e. The molecule has 1 aliphatic heterocycles. The van der Waals surface area contributed by atoms with E-state index in [4.69, 9.17) is 5.73 Å². The number of nitrogens with two attached hydrogens (primary N) is 1. The molecule has 1 fully saturated rings. The Morgan fingerprint density at radius 3 is 2.25 bits per heavy atom. The molecule has 1 saturated heterocycles. The van der Waals surface area contributed by atoms with E-state index in [1.807, 2.05) is 0 Å². The lowest BCUT2D eigenvalue weighted by atomic mass is 10.1. The third-order valence-electron chi connectivity index (χ3n) is 3.01. The first-order valence-corrected chi connectivity index (χ1v) is 5.97. The monoisotopic (exact) mass is 226 g/mol. The van der Waals surface area contributed by atoms with Gasteiger partial charge in [-0.1, -0.05) is 6.92 Å². The molecule has 4 nitrogen and oxygen atoms in total. The first-order valence-electron chi connectivity index (χ1n) is 5.97. The minimum Gasteiger partial charge on any atom is -0.370 e. The van der Waals surface area contributed by atoms with Crippen LogP contribution in [0, 0.1) is 5.92 Å². The molecule has 0 radical (unpaired) electrons. The Labute approximate surface area is 99.5 Å². The topological polar surface area (TPSA) is 44.9 Å². The summed E-state index contributed by atoms with van der Waals surface area (Å²) in [6.45, 7) is 10.5. The maximum atomic E-state index is 6.05. The first-order chi connectivity index (χ1) is 7.20. The van der Waals surface area contributed by atoms with Gasteiger partial charge in [0.2, 0.25) is 0 Å². The molecular weight excluding hydrogens is 200 g/mol. The van der Waals surface area contributed by atoms with Crippen molar-refractivity contribution in [1.29, 1.82) is 0 Å². The SMILES string of the molecule is CC1CN(C(N)=NC(C)(C)C)CC1N(C)C. The summed E-state index contributed by atoms with van der Waals surface area (Å²) in [5, 5.41) is 0. The van der Waals surface area contributed by atoms with Crippen LogP contribution < -0.4 is 5.73 Å². The van der Waals surface area contributed by atoms with Crippen LogP contribution in [0.3, 0.4) is 0 Å². The molecule has 1 rings (SSSR count). The molecule has 4 heteroatoms. The van der Waals surface area contributed by atoms with E-state index >= 15 is 0 Å². The Balaban J connectivity index is 2.69. The fourth-order valence-electron chi connectivity index (χ4n) is 2.22. The van der Waals surface area contributed by atoms with Crippen molar-refractivity contribution in [3.05, 3.63) is 0 Å². The number of aliphatic imine (C=N–C) groups is 1. The van der Waals surface area contributed by atoms with Crippen LogP contribution in [-0.4, -0.2) is 54.5 Å². The number of hydrogen-bond acceptors (Lipinski definition) is 2. The molecule has 0 aliphatic carbocycles. The van der Waals surface area contributed by atoms with Crippen LogP contribution in [0.2, 0.25) is 0 Å². The number of likely N-dealkylation sites (tertiary alicyclic amines) is 1. The molecule has 0 bridgehead atoms. The molecule has 94 valence electrons. The molecule has 0 amide bonds. The second-order valence-electron chi connectivity index (χ2n) is 6.05. The molecule has 0 aromatic heterocycles. The van der Waals surface area contributed by atoms with Gasteiger partial charge in [-0.25, -0.2) is 4.99 Å². The van der Waals surface area contributed by atoms with Crippen LogP contribution >= 0.6 is 0 Å². The number of guanidine groups is 1. The Bertz CT molecular complexity index is 265. The zero-order valence-electron chi connectivity index (χ0n) is 11.5. The van der Waals surface area contributed by atoms with Crippen molar-refractivity contribution < 1.29 is 0 Å². The molecule has 2 N–H and O–H groups in total. The van der Waals surface area contributed by atoms with Gasteiger partial charge in [0.05, 0.1) is 5.54 Å². The minimum atomic E-state index is -0.0937. The highest BCUT2D eigenvalue weighted by atomic mass is 15.3. The normalized spacial score (nSPS) is 27.9. The van der Waals surface area contributed by atoms with Gasteiger partial charge in [-0.3, -0.25) is 0 Å². The second kappa shape index (κ2) is 4.62. The highest BCUT2D eigenvalue weighted by Crippen LogP contribution is 2.20. The average Bonchev–Trinajstić information content (AvgIpc) is 2.44. The van der Waals surface area contributed by atoms with Crippen molar-refractivity contribution >= 4 is 5.96 Å². The summed E-state index contributed by atoms with van der Waals surface area (Å²) in [5.41, 5.74) is 5.95. The van der Waals surface area contributed by atoms with Crippen LogP contribution in [0.1, 0.15) is 27.7 Å². The van der Waals surface area contributed by atoms with Gasteiger partial charge in [0.25, 0.3) is 0 Å². The van der Waals surface area contributed by atoms with E-state index < -0.39 is 0 Å². The standard InChI is InChI=1S/C12H26N4/c1-9-7-16(8-10(9)15(5)6)11(13)14-12(2,3)4/h9-10H,7-8H2,1-6H3,(H2,13,14). The lowest BCUT2D eigenvalue weighted by Gasteiger charge is -2.23. The largest absolute Gasteiger partial charge is 0.370 e. The van der Waals surface area contributed by atoms with Crippen molar-refractivity contribution in [1.82, 2.24) is 9.80 Å². The quantitative estimate of drug-likeness (QED) is 0.535. The summed E-state index contributed by atoms with van der Waals surface area (Å²) in [6.07, 6.45) is 0. The van der Waals surface area contributed by atoms with Crippen LogP contribution in [-0.2, 0) is 0 Å². The predicted octanol–water partition coefficient (Wildman–Crippen LogP) is 0.982. The Kier molecular flexibility index (Phi) is 3.84. The van der Waals surface area contributed by atoms with Crippen molar-refractivity contribution in [2.45, 2.75) is 39.3 Å². The summed E-state index contributed by atoms with van der Waals surface area (Å²) >= 11 is 0. The molecule has 2 unspecified atom stereocenters. The number of rotatable bonds is 1. The van der Waals surface area contributed by atoms with Gasteiger partial charge in [-0.15, -0.1) is 0 Å². The van der Waals surface area contributed by atoms with Gasteiger partial charge >= 0.3 is 0 Å². The molecule has 0 aromatic carbocycles. The molecule has 16 heavy (non-hydrogen) atoms. The molecule has 1 aliphatic rings. The number of hydrogen-bond donors (Lipinski definition) is 1. The average molecular weight is 226 g/mol. The number of nitrogens with zero attached hydrogens (tertiary/aromatic N) is 3. The van der Waals surface area contributed by atoms with Crippen molar-refractivity contribution in [2.24, 2.45) is 16.6 Å². The minimum absolute atomic E-state index is 0.0937. The zero-order valence-corrected chi connectivity index (χ0v) is 11.5. The van der Waals surface area contributed by atoms with Gasteiger partial charge in [0.15, 0.2) is 5.96 Å². The van der Waals surface area contributed by atoms with Crippen molar-refractivity contribution in [3.8, 4) is 0 Å².